The molecule has 1 aromatic carbocycles. The lowest BCUT2D eigenvalue weighted by Gasteiger charge is -2.30. The van der Waals surface area contributed by atoms with Gasteiger partial charge in [0.2, 0.25) is 0 Å². The van der Waals surface area contributed by atoms with Crippen molar-refractivity contribution in [2.45, 2.75) is 31.9 Å². The Bertz CT molecular complexity index is 366. The van der Waals surface area contributed by atoms with Gasteiger partial charge in [-0.1, -0.05) is 35.3 Å². The second-order valence-electron chi connectivity index (χ2n) is 4.33. The van der Waals surface area contributed by atoms with E-state index < -0.39 is 0 Å². The van der Waals surface area contributed by atoms with E-state index in [1.54, 1.807) is 13.2 Å². The van der Waals surface area contributed by atoms with Crippen molar-refractivity contribution in [2.24, 2.45) is 5.73 Å². The van der Waals surface area contributed by atoms with Crippen LogP contribution in [0.1, 0.15) is 19.4 Å². The van der Waals surface area contributed by atoms with E-state index in [1.807, 2.05) is 26.0 Å². The molecule has 0 bridgehead atoms. The zero-order chi connectivity index (χ0) is 12.3. The molecule has 0 aromatic heterocycles. The average Bonchev–Trinajstić information content (AvgIpc) is 2.24. The van der Waals surface area contributed by atoms with Gasteiger partial charge in [0.05, 0.1) is 15.6 Å². The molecule has 4 heteroatoms. The minimum Gasteiger partial charge on any atom is -0.377 e. The molecule has 0 heterocycles. The summed E-state index contributed by atoms with van der Waals surface area (Å²) in [5.74, 6) is 0. The summed E-state index contributed by atoms with van der Waals surface area (Å²) in [5.41, 5.74) is 6.65. The highest BCUT2D eigenvalue weighted by Gasteiger charge is 2.26. The quantitative estimate of drug-likeness (QED) is 0.903. The van der Waals surface area contributed by atoms with Crippen LogP contribution in [0.5, 0.6) is 0 Å². The molecular weight excluding hydrogens is 245 g/mol. The number of ether oxygens (including phenoxy) is 1. The number of methoxy groups -OCH3 is 1. The molecule has 0 aliphatic carbocycles. The van der Waals surface area contributed by atoms with E-state index in [0.717, 1.165) is 5.56 Å². The standard InChI is InChI=1S/C12H17Cl2NO/c1-12(2,16-3)10(15)7-8-5-4-6-9(13)11(8)14/h4-6,10H,7,15H2,1-3H3. The van der Waals surface area contributed by atoms with Crippen LogP contribution in [-0.2, 0) is 11.2 Å². The number of benzene rings is 1. The molecule has 0 fully saturated rings. The lowest BCUT2D eigenvalue weighted by molar-refractivity contribution is 0.000812. The number of nitrogens with two attached hydrogens (primary N) is 1. The predicted molar refractivity (Wildman–Crippen MR) is 69.2 cm³/mol. The summed E-state index contributed by atoms with van der Waals surface area (Å²) in [7, 11) is 1.65. The zero-order valence-corrected chi connectivity index (χ0v) is 11.3. The van der Waals surface area contributed by atoms with E-state index >= 15 is 0 Å². The third kappa shape index (κ3) is 3.11. The first-order valence-electron chi connectivity index (χ1n) is 5.12. The van der Waals surface area contributed by atoms with E-state index in [-0.39, 0.29) is 11.6 Å². The first-order valence-corrected chi connectivity index (χ1v) is 5.87. The molecule has 0 saturated carbocycles. The molecule has 0 spiro atoms. The maximum absolute atomic E-state index is 6.10. The highest BCUT2D eigenvalue weighted by atomic mass is 35.5. The lowest BCUT2D eigenvalue weighted by atomic mass is 9.93. The van der Waals surface area contributed by atoms with Crippen LogP contribution in [0.2, 0.25) is 10.0 Å². The first-order chi connectivity index (χ1) is 7.38. The van der Waals surface area contributed by atoms with Crippen molar-refractivity contribution in [3.63, 3.8) is 0 Å². The fourth-order valence-electron chi connectivity index (χ4n) is 1.34. The van der Waals surface area contributed by atoms with Gasteiger partial charge in [0.1, 0.15) is 0 Å². The highest BCUT2D eigenvalue weighted by Crippen LogP contribution is 2.27. The van der Waals surface area contributed by atoms with Crippen LogP contribution in [0, 0.1) is 0 Å². The molecule has 0 radical (unpaired) electrons. The average molecular weight is 262 g/mol. The van der Waals surface area contributed by atoms with Gasteiger partial charge in [-0.3, -0.25) is 0 Å². The summed E-state index contributed by atoms with van der Waals surface area (Å²) in [4.78, 5) is 0. The summed E-state index contributed by atoms with van der Waals surface area (Å²) in [5, 5.41) is 1.13. The molecule has 16 heavy (non-hydrogen) atoms. The Morgan fingerprint density at radius 2 is 2.00 bits per heavy atom. The zero-order valence-electron chi connectivity index (χ0n) is 9.76. The third-order valence-electron chi connectivity index (χ3n) is 2.89. The molecule has 1 unspecified atom stereocenters. The molecule has 0 aliphatic rings. The Balaban J connectivity index is 2.85. The molecule has 2 N–H and O–H groups in total. The van der Waals surface area contributed by atoms with E-state index in [9.17, 15) is 0 Å². The molecule has 1 aromatic rings. The number of rotatable bonds is 4. The maximum Gasteiger partial charge on any atom is 0.0776 e. The second-order valence-corrected chi connectivity index (χ2v) is 5.12. The Kier molecular flexibility index (Phi) is 4.62. The smallest absolute Gasteiger partial charge is 0.0776 e. The van der Waals surface area contributed by atoms with Crippen molar-refractivity contribution in [2.75, 3.05) is 7.11 Å². The normalized spacial score (nSPS) is 13.9. The summed E-state index contributed by atoms with van der Waals surface area (Å²) in [6, 6.07) is 5.43. The maximum atomic E-state index is 6.10. The Morgan fingerprint density at radius 1 is 1.38 bits per heavy atom. The van der Waals surface area contributed by atoms with Gasteiger partial charge in [0, 0.05) is 13.2 Å². The fourth-order valence-corrected chi connectivity index (χ4v) is 1.74. The van der Waals surface area contributed by atoms with Crippen LogP contribution < -0.4 is 5.73 Å². The summed E-state index contributed by atoms with van der Waals surface area (Å²) < 4.78 is 5.34. The molecule has 0 amide bonds. The monoisotopic (exact) mass is 261 g/mol. The van der Waals surface area contributed by atoms with Crippen LogP contribution in [0.25, 0.3) is 0 Å². The van der Waals surface area contributed by atoms with Crippen LogP contribution in [0.15, 0.2) is 18.2 Å². The molecule has 2 nitrogen and oxygen atoms in total. The predicted octanol–water partition coefficient (Wildman–Crippen LogP) is 3.29. The van der Waals surface area contributed by atoms with Gasteiger partial charge in [-0.05, 0) is 31.9 Å². The second kappa shape index (κ2) is 5.37. The summed E-state index contributed by atoms with van der Waals surface area (Å²) in [6.45, 7) is 3.91. The fraction of sp³-hybridized carbons (Fsp3) is 0.500. The summed E-state index contributed by atoms with van der Waals surface area (Å²) in [6.07, 6.45) is 0.639. The number of halogens is 2. The number of hydrogen-bond acceptors (Lipinski definition) is 2. The Morgan fingerprint density at radius 3 is 2.56 bits per heavy atom. The highest BCUT2D eigenvalue weighted by molar-refractivity contribution is 6.42. The first kappa shape index (κ1) is 13.8. The van der Waals surface area contributed by atoms with E-state index in [1.165, 1.54) is 0 Å². The van der Waals surface area contributed by atoms with E-state index in [0.29, 0.717) is 16.5 Å². The molecule has 90 valence electrons. The van der Waals surface area contributed by atoms with Crippen molar-refractivity contribution in [1.82, 2.24) is 0 Å². The summed E-state index contributed by atoms with van der Waals surface area (Å²) >= 11 is 12.0. The minimum absolute atomic E-state index is 0.131. The lowest BCUT2D eigenvalue weighted by Crippen LogP contribution is -2.46. The van der Waals surface area contributed by atoms with Crippen LogP contribution in [-0.4, -0.2) is 18.8 Å². The van der Waals surface area contributed by atoms with E-state index in [4.69, 9.17) is 33.7 Å². The topological polar surface area (TPSA) is 35.2 Å². The van der Waals surface area contributed by atoms with Crippen LogP contribution in [0.4, 0.5) is 0 Å². The molecule has 0 saturated heterocycles. The van der Waals surface area contributed by atoms with Crippen molar-refractivity contribution < 1.29 is 4.74 Å². The van der Waals surface area contributed by atoms with Gasteiger partial charge < -0.3 is 10.5 Å². The van der Waals surface area contributed by atoms with Crippen LogP contribution >= 0.6 is 23.2 Å². The SMILES string of the molecule is COC(C)(C)C(N)Cc1cccc(Cl)c1Cl. The van der Waals surface area contributed by atoms with Gasteiger partial charge in [-0.2, -0.15) is 0 Å². The minimum atomic E-state index is -0.383. The van der Waals surface area contributed by atoms with Crippen molar-refractivity contribution >= 4 is 23.2 Å². The molecular formula is C12H17Cl2NO. The van der Waals surface area contributed by atoms with Crippen molar-refractivity contribution in [3.05, 3.63) is 33.8 Å². The van der Waals surface area contributed by atoms with Crippen molar-refractivity contribution in [3.8, 4) is 0 Å². The van der Waals surface area contributed by atoms with Gasteiger partial charge >= 0.3 is 0 Å². The number of hydrogen-bond donors (Lipinski definition) is 1. The largest absolute Gasteiger partial charge is 0.377 e. The third-order valence-corrected chi connectivity index (χ3v) is 3.75. The Hall–Kier alpha value is -0.280. The van der Waals surface area contributed by atoms with Gasteiger partial charge in [-0.15, -0.1) is 0 Å². The molecule has 1 rings (SSSR count). The molecule has 0 aliphatic heterocycles. The Labute approximate surface area is 107 Å². The van der Waals surface area contributed by atoms with E-state index in [2.05, 4.69) is 0 Å². The van der Waals surface area contributed by atoms with Gasteiger partial charge in [-0.25, -0.2) is 0 Å². The molecule has 1 atom stereocenters. The van der Waals surface area contributed by atoms with Gasteiger partial charge in [0.25, 0.3) is 0 Å². The van der Waals surface area contributed by atoms with Gasteiger partial charge in [0.15, 0.2) is 0 Å². The van der Waals surface area contributed by atoms with Crippen molar-refractivity contribution in [1.29, 1.82) is 0 Å². The van der Waals surface area contributed by atoms with Crippen LogP contribution in [0.3, 0.4) is 0 Å².